The zero-order valence-corrected chi connectivity index (χ0v) is 15.7. The number of aryl methyl sites for hydroxylation is 1. The summed E-state index contributed by atoms with van der Waals surface area (Å²) in [6.07, 6.45) is 6.85. The van der Waals surface area contributed by atoms with Gasteiger partial charge in [-0.15, -0.1) is 0 Å². The van der Waals surface area contributed by atoms with Gasteiger partial charge in [-0.2, -0.15) is 5.10 Å². The van der Waals surface area contributed by atoms with E-state index in [0.717, 1.165) is 32.5 Å². The molecule has 140 valence electrons. The number of hydrogen-bond acceptors (Lipinski definition) is 5. The first-order valence-electron chi connectivity index (χ1n) is 9.17. The van der Waals surface area contributed by atoms with Crippen molar-refractivity contribution in [1.82, 2.24) is 20.0 Å². The highest BCUT2D eigenvalue weighted by atomic mass is 32.2. The molecule has 0 bridgehead atoms. The van der Waals surface area contributed by atoms with Crippen LogP contribution in [-0.4, -0.2) is 66.7 Å². The minimum atomic E-state index is -2.87. The quantitative estimate of drug-likeness (QED) is 0.796. The second kappa shape index (κ2) is 7.86. The Hall–Kier alpha value is -1.41. The van der Waals surface area contributed by atoms with E-state index < -0.39 is 9.84 Å². The highest BCUT2D eigenvalue weighted by Crippen LogP contribution is 2.27. The standard InChI is InChI=1S/C17H28N4O3S/c1-2-21-11-16(10-19-21)15-3-6-20(7-4-15)12-17(22)18-9-14-5-8-25(23,24)13-14/h10-11,14-15H,2-9,12-13H2,1H3,(H,18,22). The molecule has 3 rings (SSSR count). The molecule has 1 aromatic heterocycles. The van der Waals surface area contributed by atoms with Crippen molar-refractivity contribution in [2.24, 2.45) is 5.92 Å². The average molecular weight is 369 g/mol. The zero-order valence-electron chi connectivity index (χ0n) is 14.9. The number of likely N-dealkylation sites (tertiary alicyclic amines) is 1. The summed E-state index contributed by atoms with van der Waals surface area (Å²) < 4.78 is 24.8. The van der Waals surface area contributed by atoms with Crippen LogP contribution in [-0.2, 0) is 21.2 Å². The number of aromatic nitrogens is 2. The summed E-state index contributed by atoms with van der Waals surface area (Å²) in [6.45, 7) is 5.67. The first-order chi connectivity index (χ1) is 11.9. The van der Waals surface area contributed by atoms with Gasteiger partial charge in [0.25, 0.3) is 0 Å². The van der Waals surface area contributed by atoms with Crippen molar-refractivity contribution >= 4 is 15.7 Å². The Kier molecular flexibility index (Phi) is 5.78. The summed E-state index contributed by atoms with van der Waals surface area (Å²) in [5.41, 5.74) is 1.30. The number of carbonyl (C=O) groups is 1. The van der Waals surface area contributed by atoms with Crippen LogP contribution in [0.2, 0.25) is 0 Å². The van der Waals surface area contributed by atoms with Crippen LogP contribution in [0.1, 0.15) is 37.7 Å². The molecule has 1 amide bonds. The third-order valence-electron chi connectivity index (χ3n) is 5.32. The van der Waals surface area contributed by atoms with Crippen molar-refractivity contribution in [3.63, 3.8) is 0 Å². The lowest BCUT2D eigenvalue weighted by Crippen LogP contribution is -2.42. The van der Waals surface area contributed by atoms with Crippen molar-refractivity contribution in [2.45, 2.75) is 38.6 Å². The lowest BCUT2D eigenvalue weighted by molar-refractivity contribution is -0.122. The monoisotopic (exact) mass is 368 g/mol. The van der Waals surface area contributed by atoms with Gasteiger partial charge in [0.2, 0.25) is 5.91 Å². The van der Waals surface area contributed by atoms with E-state index in [1.165, 1.54) is 5.56 Å². The molecule has 1 unspecified atom stereocenters. The predicted molar refractivity (Wildman–Crippen MR) is 96.1 cm³/mol. The molecule has 3 heterocycles. The maximum atomic E-state index is 12.1. The normalized spacial score (nSPS) is 24.4. The topological polar surface area (TPSA) is 84.3 Å². The van der Waals surface area contributed by atoms with Gasteiger partial charge in [0.1, 0.15) is 0 Å². The Bertz CT molecular complexity index is 693. The van der Waals surface area contributed by atoms with Gasteiger partial charge in [-0.25, -0.2) is 8.42 Å². The third kappa shape index (κ3) is 5.04. The molecule has 0 radical (unpaired) electrons. The van der Waals surface area contributed by atoms with E-state index in [0.29, 0.717) is 25.4 Å². The van der Waals surface area contributed by atoms with Gasteiger partial charge >= 0.3 is 0 Å². The fraction of sp³-hybridized carbons (Fsp3) is 0.765. The molecule has 2 aliphatic heterocycles. The van der Waals surface area contributed by atoms with E-state index in [4.69, 9.17) is 0 Å². The summed E-state index contributed by atoms with van der Waals surface area (Å²) >= 11 is 0. The first kappa shape index (κ1) is 18.4. The van der Waals surface area contributed by atoms with Crippen LogP contribution in [0.3, 0.4) is 0 Å². The van der Waals surface area contributed by atoms with Crippen LogP contribution >= 0.6 is 0 Å². The Labute approximate surface area is 149 Å². The van der Waals surface area contributed by atoms with Crippen LogP contribution in [0, 0.1) is 5.92 Å². The fourth-order valence-electron chi connectivity index (χ4n) is 3.74. The highest BCUT2D eigenvalue weighted by molar-refractivity contribution is 7.91. The van der Waals surface area contributed by atoms with Crippen LogP contribution in [0.5, 0.6) is 0 Å². The van der Waals surface area contributed by atoms with Crippen LogP contribution < -0.4 is 5.32 Å². The van der Waals surface area contributed by atoms with Gasteiger partial charge in [-0.05, 0) is 56.7 Å². The molecule has 1 atom stereocenters. The molecular weight excluding hydrogens is 340 g/mol. The maximum Gasteiger partial charge on any atom is 0.234 e. The molecule has 0 aliphatic carbocycles. The second-order valence-corrected chi connectivity index (χ2v) is 9.48. The molecule has 2 saturated heterocycles. The van der Waals surface area contributed by atoms with Gasteiger partial charge in [-0.1, -0.05) is 0 Å². The number of carbonyl (C=O) groups excluding carboxylic acids is 1. The van der Waals surface area contributed by atoms with E-state index >= 15 is 0 Å². The van der Waals surface area contributed by atoms with Crippen molar-refractivity contribution in [3.8, 4) is 0 Å². The number of piperidine rings is 1. The van der Waals surface area contributed by atoms with Gasteiger partial charge < -0.3 is 5.32 Å². The van der Waals surface area contributed by atoms with Crippen LogP contribution in [0.4, 0.5) is 0 Å². The second-order valence-electron chi connectivity index (χ2n) is 7.25. The number of rotatable bonds is 6. The summed E-state index contributed by atoms with van der Waals surface area (Å²) in [5.74, 6) is 1.08. The predicted octanol–water partition coefficient (Wildman–Crippen LogP) is 0.633. The minimum Gasteiger partial charge on any atom is -0.355 e. The SMILES string of the molecule is CCn1cc(C2CCN(CC(=O)NCC3CCS(=O)(=O)C3)CC2)cn1. The summed E-state index contributed by atoms with van der Waals surface area (Å²) in [4.78, 5) is 14.3. The molecule has 2 aliphatic rings. The number of amides is 1. The smallest absolute Gasteiger partial charge is 0.234 e. The Morgan fingerprint density at radius 2 is 2.08 bits per heavy atom. The molecule has 1 aromatic rings. The molecule has 25 heavy (non-hydrogen) atoms. The molecule has 1 N–H and O–H groups in total. The highest BCUT2D eigenvalue weighted by Gasteiger charge is 2.28. The van der Waals surface area contributed by atoms with Crippen molar-refractivity contribution in [3.05, 3.63) is 18.0 Å². The van der Waals surface area contributed by atoms with E-state index in [2.05, 4.69) is 28.4 Å². The van der Waals surface area contributed by atoms with E-state index in [9.17, 15) is 13.2 Å². The molecule has 8 heteroatoms. The Morgan fingerprint density at radius 1 is 1.32 bits per heavy atom. The molecule has 0 spiro atoms. The number of sulfone groups is 1. The van der Waals surface area contributed by atoms with E-state index in [1.807, 2.05) is 10.9 Å². The first-order valence-corrected chi connectivity index (χ1v) is 11.0. The van der Waals surface area contributed by atoms with Crippen molar-refractivity contribution < 1.29 is 13.2 Å². The zero-order chi connectivity index (χ0) is 17.9. The molecule has 2 fully saturated rings. The summed E-state index contributed by atoms with van der Waals surface area (Å²) in [5, 5.41) is 7.25. The Balaban J connectivity index is 1.37. The number of hydrogen-bond donors (Lipinski definition) is 1. The Morgan fingerprint density at radius 3 is 2.68 bits per heavy atom. The van der Waals surface area contributed by atoms with E-state index in [1.54, 1.807) is 0 Å². The lowest BCUT2D eigenvalue weighted by atomic mass is 9.91. The largest absolute Gasteiger partial charge is 0.355 e. The van der Waals surface area contributed by atoms with E-state index in [-0.39, 0.29) is 23.3 Å². The van der Waals surface area contributed by atoms with Gasteiger partial charge in [-0.3, -0.25) is 14.4 Å². The van der Waals surface area contributed by atoms with Gasteiger partial charge in [0.15, 0.2) is 9.84 Å². The third-order valence-corrected chi connectivity index (χ3v) is 7.16. The molecular formula is C17H28N4O3S. The van der Waals surface area contributed by atoms with Gasteiger partial charge in [0.05, 0.1) is 24.2 Å². The minimum absolute atomic E-state index is 0.00144. The molecule has 0 saturated carbocycles. The van der Waals surface area contributed by atoms with Crippen molar-refractivity contribution in [1.29, 1.82) is 0 Å². The lowest BCUT2D eigenvalue weighted by Gasteiger charge is -2.31. The van der Waals surface area contributed by atoms with Crippen molar-refractivity contribution in [2.75, 3.05) is 37.7 Å². The van der Waals surface area contributed by atoms with Crippen LogP contribution in [0.25, 0.3) is 0 Å². The molecule has 7 nitrogen and oxygen atoms in total. The number of nitrogens with one attached hydrogen (secondary N) is 1. The summed E-state index contributed by atoms with van der Waals surface area (Å²) in [7, 11) is -2.87. The average Bonchev–Trinajstić information content (AvgIpc) is 3.20. The molecule has 0 aromatic carbocycles. The fourth-order valence-corrected chi connectivity index (χ4v) is 5.60. The maximum absolute atomic E-state index is 12.1. The number of nitrogens with zero attached hydrogens (tertiary/aromatic N) is 3. The summed E-state index contributed by atoms with van der Waals surface area (Å²) in [6, 6.07) is 0. The van der Waals surface area contributed by atoms with Gasteiger partial charge in [0, 0.05) is 19.3 Å². The van der Waals surface area contributed by atoms with Crippen LogP contribution in [0.15, 0.2) is 12.4 Å².